The summed E-state index contributed by atoms with van der Waals surface area (Å²) < 4.78 is 11.2. The molecule has 0 bridgehead atoms. The number of allylic oxidation sites excluding steroid dienone is 1. The molecule has 0 aliphatic heterocycles. The quantitative estimate of drug-likeness (QED) is 0.337. The fourth-order valence-electron chi connectivity index (χ4n) is 2.48. The minimum atomic E-state index is 0.399. The van der Waals surface area contributed by atoms with Crippen molar-refractivity contribution in [1.29, 1.82) is 5.26 Å². The summed E-state index contributed by atoms with van der Waals surface area (Å²) in [5.41, 5.74) is 1.78. The molecular weight excluding hydrogens is 403 g/mol. The monoisotopic (exact) mass is 412 g/mol. The number of nitriles is 1. The Morgan fingerprint density at radius 3 is 2.81 bits per heavy atom. The molecule has 0 aliphatic rings. The Balaban J connectivity index is 1.65. The molecule has 0 saturated carbocycles. The number of nitrogens with zero attached hydrogens (tertiary/aromatic N) is 2. The summed E-state index contributed by atoms with van der Waals surface area (Å²) in [5.74, 6) is 1.75. The van der Waals surface area contributed by atoms with Gasteiger partial charge in [0, 0.05) is 22.0 Å². The van der Waals surface area contributed by atoms with Crippen molar-refractivity contribution in [2.75, 3.05) is 0 Å². The van der Waals surface area contributed by atoms with E-state index in [0.29, 0.717) is 49.2 Å². The van der Waals surface area contributed by atoms with E-state index in [1.54, 1.807) is 48.7 Å². The Kier molecular flexibility index (Phi) is 4.87. The molecule has 0 radical (unpaired) electrons. The second-order valence-electron chi connectivity index (χ2n) is 5.51. The normalized spacial score (nSPS) is 11.5. The van der Waals surface area contributed by atoms with Crippen molar-refractivity contribution in [3.05, 3.63) is 74.9 Å². The molecule has 0 atom stereocenters. The van der Waals surface area contributed by atoms with E-state index in [-0.39, 0.29) is 0 Å². The van der Waals surface area contributed by atoms with Gasteiger partial charge in [-0.3, -0.25) is 0 Å². The summed E-state index contributed by atoms with van der Waals surface area (Å²) in [4.78, 5) is 4.46. The number of furan rings is 2. The highest BCUT2D eigenvalue weighted by atomic mass is 35.5. The number of hydrogen-bond donors (Lipinski definition) is 0. The predicted molar refractivity (Wildman–Crippen MR) is 107 cm³/mol. The Bertz CT molecular complexity index is 1170. The summed E-state index contributed by atoms with van der Waals surface area (Å²) in [6, 6.07) is 14.5. The molecule has 3 heterocycles. The first-order valence-corrected chi connectivity index (χ1v) is 9.44. The second-order valence-corrected chi connectivity index (χ2v) is 7.21. The smallest absolute Gasteiger partial charge is 0.153 e. The maximum atomic E-state index is 9.53. The zero-order chi connectivity index (χ0) is 18.8. The number of hydrogen-bond acceptors (Lipinski definition) is 5. The zero-order valence-corrected chi connectivity index (χ0v) is 16.0. The Hall–Kier alpha value is -2.78. The highest BCUT2D eigenvalue weighted by Crippen LogP contribution is 2.33. The van der Waals surface area contributed by atoms with E-state index in [1.807, 2.05) is 11.4 Å². The number of thiazole rings is 1. The number of benzene rings is 1. The van der Waals surface area contributed by atoms with Gasteiger partial charge in [0.25, 0.3) is 0 Å². The van der Waals surface area contributed by atoms with Gasteiger partial charge in [0.05, 0.1) is 16.9 Å². The van der Waals surface area contributed by atoms with E-state index in [9.17, 15) is 5.26 Å². The van der Waals surface area contributed by atoms with Gasteiger partial charge in [0.1, 0.15) is 28.3 Å². The van der Waals surface area contributed by atoms with Gasteiger partial charge < -0.3 is 8.83 Å². The van der Waals surface area contributed by atoms with E-state index in [2.05, 4.69) is 11.1 Å². The zero-order valence-electron chi connectivity index (χ0n) is 13.6. The second kappa shape index (κ2) is 7.45. The highest BCUT2D eigenvalue weighted by Gasteiger charge is 2.13. The third kappa shape index (κ3) is 3.69. The summed E-state index contributed by atoms with van der Waals surface area (Å²) in [6.45, 7) is 0. The standard InChI is InChI=1S/C20H10Cl2N2O2S/c21-13-3-5-16(22)15(9-13)18-6-4-14(26-18)8-12(10-23)20-24-17(11-27-20)19-2-1-7-25-19/h1-9,11H/b12-8+. The van der Waals surface area contributed by atoms with Crippen molar-refractivity contribution < 1.29 is 8.83 Å². The van der Waals surface area contributed by atoms with Gasteiger partial charge >= 0.3 is 0 Å². The van der Waals surface area contributed by atoms with Crippen molar-refractivity contribution in [3.8, 4) is 28.8 Å². The lowest BCUT2D eigenvalue weighted by atomic mass is 10.2. The molecule has 0 unspecified atom stereocenters. The third-order valence-electron chi connectivity index (χ3n) is 3.74. The van der Waals surface area contributed by atoms with E-state index in [1.165, 1.54) is 11.3 Å². The van der Waals surface area contributed by atoms with E-state index >= 15 is 0 Å². The Morgan fingerprint density at radius 2 is 2.04 bits per heavy atom. The summed E-state index contributed by atoms with van der Waals surface area (Å²) in [5, 5.41) is 13.1. The van der Waals surface area contributed by atoms with E-state index < -0.39 is 0 Å². The molecule has 4 aromatic rings. The maximum Gasteiger partial charge on any atom is 0.153 e. The summed E-state index contributed by atoms with van der Waals surface area (Å²) in [7, 11) is 0. The van der Waals surface area contributed by atoms with Gasteiger partial charge in [0.2, 0.25) is 0 Å². The molecule has 4 rings (SSSR count). The molecule has 0 fully saturated rings. The SMILES string of the molecule is N#C/C(=C\c1ccc(-c2cc(Cl)ccc2Cl)o1)c1nc(-c2ccco2)cs1. The fraction of sp³-hybridized carbons (Fsp3) is 0. The molecule has 0 aliphatic carbocycles. The van der Waals surface area contributed by atoms with Crippen LogP contribution in [0.5, 0.6) is 0 Å². The van der Waals surface area contributed by atoms with E-state index in [0.717, 1.165) is 0 Å². The molecule has 0 spiro atoms. The van der Waals surface area contributed by atoms with Gasteiger partial charge in [-0.2, -0.15) is 5.26 Å². The first-order chi connectivity index (χ1) is 13.1. The van der Waals surface area contributed by atoms with Crippen LogP contribution in [-0.2, 0) is 0 Å². The molecular formula is C20H10Cl2N2O2S. The number of aromatic nitrogens is 1. The number of halogens is 2. The molecule has 7 heteroatoms. The molecule has 3 aromatic heterocycles. The lowest BCUT2D eigenvalue weighted by Gasteiger charge is -2.01. The van der Waals surface area contributed by atoms with Crippen molar-refractivity contribution in [3.63, 3.8) is 0 Å². The minimum Gasteiger partial charge on any atom is -0.463 e. The van der Waals surface area contributed by atoms with Crippen molar-refractivity contribution >= 4 is 46.2 Å². The number of rotatable bonds is 4. The van der Waals surface area contributed by atoms with Crippen LogP contribution in [0.1, 0.15) is 10.8 Å². The average molecular weight is 413 g/mol. The lowest BCUT2D eigenvalue weighted by molar-refractivity contribution is 0.572. The molecule has 27 heavy (non-hydrogen) atoms. The van der Waals surface area contributed by atoms with Crippen LogP contribution in [0.15, 0.2) is 62.9 Å². The van der Waals surface area contributed by atoms with Crippen LogP contribution < -0.4 is 0 Å². The molecule has 0 amide bonds. The first kappa shape index (κ1) is 17.6. The van der Waals surface area contributed by atoms with Crippen LogP contribution in [0.25, 0.3) is 34.4 Å². The van der Waals surface area contributed by atoms with Crippen molar-refractivity contribution in [2.24, 2.45) is 0 Å². The van der Waals surface area contributed by atoms with Crippen molar-refractivity contribution in [2.45, 2.75) is 0 Å². The maximum absolute atomic E-state index is 9.53. The van der Waals surface area contributed by atoms with Gasteiger partial charge in [-0.25, -0.2) is 4.98 Å². The van der Waals surface area contributed by atoms with Crippen LogP contribution in [0.4, 0.5) is 0 Å². The first-order valence-electron chi connectivity index (χ1n) is 7.81. The summed E-state index contributed by atoms with van der Waals surface area (Å²) >= 11 is 13.6. The van der Waals surface area contributed by atoms with Crippen molar-refractivity contribution in [1.82, 2.24) is 4.98 Å². The fourth-order valence-corrected chi connectivity index (χ4v) is 3.64. The van der Waals surface area contributed by atoms with Gasteiger partial charge in [0.15, 0.2) is 5.76 Å². The molecule has 132 valence electrons. The average Bonchev–Trinajstić information content (AvgIpc) is 3.42. The molecule has 0 saturated heterocycles. The van der Waals surface area contributed by atoms with E-state index in [4.69, 9.17) is 32.0 Å². The summed E-state index contributed by atoms with van der Waals surface area (Å²) in [6.07, 6.45) is 3.23. The Labute approximate surface area is 168 Å². The lowest BCUT2D eigenvalue weighted by Crippen LogP contribution is -1.81. The van der Waals surface area contributed by atoms with Gasteiger partial charge in [-0.1, -0.05) is 23.2 Å². The largest absolute Gasteiger partial charge is 0.463 e. The molecule has 4 nitrogen and oxygen atoms in total. The van der Waals surface area contributed by atoms with Crippen LogP contribution in [0, 0.1) is 11.3 Å². The van der Waals surface area contributed by atoms with Crippen LogP contribution >= 0.6 is 34.5 Å². The van der Waals surface area contributed by atoms with Crippen LogP contribution in [0.2, 0.25) is 10.0 Å². The van der Waals surface area contributed by atoms with Gasteiger partial charge in [-0.05, 0) is 42.5 Å². The third-order valence-corrected chi connectivity index (χ3v) is 5.18. The van der Waals surface area contributed by atoms with Crippen LogP contribution in [0.3, 0.4) is 0 Å². The topological polar surface area (TPSA) is 63.0 Å². The van der Waals surface area contributed by atoms with Gasteiger partial charge in [-0.15, -0.1) is 11.3 Å². The van der Waals surface area contributed by atoms with Crippen LogP contribution in [-0.4, -0.2) is 4.98 Å². The molecule has 0 N–H and O–H groups in total. The minimum absolute atomic E-state index is 0.399. The Morgan fingerprint density at radius 1 is 1.15 bits per heavy atom. The molecule has 1 aromatic carbocycles. The predicted octanol–water partition coefficient (Wildman–Crippen LogP) is 7.03. The highest BCUT2D eigenvalue weighted by molar-refractivity contribution is 7.11.